The van der Waals surface area contributed by atoms with Gasteiger partial charge in [-0.15, -0.1) is 0 Å². The van der Waals surface area contributed by atoms with E-state index in [1.54, 1.807) is 19.1 Å². The van der Waals surface area contributed by atoms with Gasteiger partial charge in [-0.2, -0.15) is 0 Å². The Morgan fingerprint density at radius 3 is 2.60 bits per heavy atom. The zero-order chi connectivity index (χ0) is 11.1. The number of fused-ring (bicyclic) bond motifs is 1. The Hall–Kier alpha value is -1.13. The van der Waals surface area contributed by atoms with E-state index in [0.717, 1.165) is 11.1 Å². The van der Waals surface area contributed by atoms with Crippen LogP contribution in [0.4, 0.5) is 0 Å². The molecule has 0 radical (unpaired) electrons. The molecule has 1 aromatic heterocycles. The third-order valence-corrected chi connectivity index (χ3v) is 3.44. The second kappa shape index (κ2) is 3.47. The molecule has 1 aromatic carbocycles. The van der Waals surface area contributed by atoms with Crippen molar-refractivity contribution in [2.75, 3.05) is 0 Å². The van der Waals surface area contributed by atoms with Crippen molar-refractivity contribution in [2.24, 2.45) is 0 Å². The minimum absolute atomic E-state index is 0.0605. The van der Waals surface area contributed by atoms with Crippen molar-refractivity contribution in [3.05, 3.63) is 36.0 Å². The molecule has 0 saturated heterocycles. The van der Waals surface area contributed by atoms with Crippen LogP contribution in [0.15, 0.2) is 35.2 Å². The lowest BCUT2D eigenvalue weighted by atomic mass is 10.2. The predicted molar refractivity (Wildman–Crippen MR) is 59.5 cm³/mol. The third-order valence-electron chi connectivity index (χ3n) is 2.09. The highest BCUT2D eigenvalue weighted by atomic mass is 35.7. The van der Waals surface area contributed by atoms with Gasteiger partial charge < -0.3 is 0 Å². The lowest BCUT2D eigenvalue weighted by Gasteiger charge is -2.02. The van der Waals surface area contributed by atoms with E-state index >= 15 is 0 Å². The number of halogens is 1. The van der Waals surface area contributed by atoms with Gasteiger partial charge in [-0.1, -0.05) is 18.2 Å². The van der Waals surface area contributed by atoms with E-state index in [2.05, 4.69) is 4.98 Å². The fourth-order valence-electron chi connectivity index (χ4n) is 1.41. The molecule has 1 heterocycles. The summed E-state index contributed by atoms with van der Waals surface area (Å²) in [6.45, 7) is 1.80. The fourth-order valence-corrected chi connectivity index (χ4v) is 2.42. The number of rotatable bonds is 1. The molecule has 2 rings (SSSR count). The Labute approximate surface area is 92.1 Å². The molecule has 0 bridgehead atoms. The van der Waals surface area contributed by atoms with E-state index in [9.17, 15) is 8.42 Å². The van der Waals surface area contributed by atoms with Crippen molar-refractivity contribution < 1.29 is 8.42 Å². The van der Waals surface area contributed by atoms with Gasteiger partial charge in [0.05, 0.1) is 5.52 Å². The minimum Gasteiger partial charge on any atom is -0.252 e. The van der Waals surface area contributed by atoms with Gasteiger partial charge in [-0.3, -0.25) is 4.98 Å². The summed E-state index contributed by atoms with van der Waals surface area (Å²) in [6.07, 6.45) is 0. The molecule has 0 aliphatic carbocycles. The molecule has 0 atom stereocenters. The highest BCUT2D eigenvalue weighted by Crippen LogP contribution is 2.24. The van der Waals surface area contributed by atoms with Crippen molar-refractivity contribution in [1.82, 2.24) is 4.98 Å². The quantitative estimate of drug-likeness (QED) is 0.721. The lowest BCUT2D eigenvalue weighted by Crippen LogP contribution is -1.94. The first-order valence-corrected chi connectivity index (χ1v) is 6.60. The second-order valence-corrected chi connectivity index (χ2v) is 5.75. The lowest BCUT2D eigenvalue weighted by molar-refractivity contribution is 0.610. The minimum atomic E-state index is -3.74. The number of aromatic nitrogens is 1. The Morgan fingerprint density at radius 1 is 1.20 bits per heavy atom. The van der Waals surface area contributed by atoms with Crippen LogP contribution in [0.25, 0.3) is 10.9 Å². The van der Waals surface area contributed by atoms with Gasteiger partial charge in [-0.05, 0) is 19.1 Å². The van der Waals surface area contributed by atoms with Crippen molar-refractivity contribution in [3.63, 3.8) is 0 Å². The molecular formula is C10H8ClNO2S. The standard InChI is InChI=1S/C10H8ClNO2S/c1-7-5-6-8-3-2-4-9(10(8)12-7)15(11,13)14/h2-6H,1H3. The first kappa shape index (κ1) is 10.4. The predicted octanol–water partition coefficient (Wildman–Crippen LogP) is 2.47. The number of hydrogen-bond acceptors (Lipinski definition) is 3. The third kappa shape index (κ3) is 1.96. The number of aryl methyl sites for hydroxylation is 1. The highest BCUT2D eigenvalue weighted by molar-refractivity contribution is 8.14. The number of para-hydroxylation sites is 1. The van der Waals surface area contributed by atoms with E-state index < -0.39 is 9.05 Å². The SMILES string of the molecule is Cc1ccc2cccc(S(=O)(=O)Cl)c2n1. The van der Waals surface area contributed by atoms with Crippen LogP contribution in [0.3, 0.4) is 0 Å². The Balaban J connectivity index is 2.92. The van der Waals surface area contributed by atoms with Crippen LogP contribution in [-0.2, 0) is 9.05 Å². The monoisotopic (exact) mass is 241 g/mol. The summed E-state index contributed by atoms with van der Waals surface area (Å²) in [5.41, 5.74) is 1.18. The fraction of sp³-hybridized carbons (Fsp3) is 0.100. The van der Waals surface area contributed by atoms with Gasteiger partial charge in [0.1, 0.15) is 4.90 Å². The van der Waals surface area contributed by atoms with Crippen LogP contribution in [0, 0.1) is 6.92 Å². The van der Waals surface area contributed by atoms with Crippen molar-refractivity contribution in [3.8, 4) is 0 Å². The summed E-state index contributed by atoms with van der Waals surface area (Å²) in [5.74, 6) is 0. The molecule has 0 aliphatic rings. The van der Waals surface area contributed by atoms with E-state index in [-0.39, 0.29) is 4.90 Å². The average Bonchev–Trinajstić information content (AvgIpc) is 2.15. The molecule has 0 N–H and O–H groups in total. The number of hydrogen-bond donors (Lipinski definition) is 0. The van der Waals surface area contributed by atoms with E-state index in [1.165, 1.54) is 6.07 Å². The summed E-state index contributed by atoms with van der Waals surface area (Å²) in [4.78, 5) is 4.24. The molecule has 0 spiro atoms. The van der Waals surface area contributed by atoms with Gasteiger partial charge in [0.15, 0.2) is 0 Å². The van der Waals surface area contributed by atoms with Gasteiger partial charge in [0.2, 0.25) is 0 Å². The maximum atomic E-state index is 11.3. The Bertz CT molecular complexity index is 622. The van der Waals surface area contributed by atoms with Crippen molar-refractivity contribution in [2.45, 2.75) is 11.8 Å². The first-order valence-electron chi connectivity index (χ1n) is 4.29. The molecule has 0 unspecified atom stereocenters. The molecule has 3 nitrogen and oxygen atoms in total. The molecule has 2 aromatic rings. The Morgan fingerprint density at radius 2 is 1.93 bits per heavy atom. The van der Waals surface area contributed by atoms with Crippen molar-refractivity contribution >= 4 is 30.6 Å². The van der Waals surface area contributed by atoms with Crippen LogP contribution in [0.2, 0.25) is 0 Å². The van der Waals surface area contributed by atoms with Gasteiger partial charge >= 0.3 is 0 Å². The topological polar surface area (TPSA) is 47.0 Å². The smallest absolute Gasteiger partial charge is 0.252 e. The molecule has 0 fully saturated rings. The maximum absolute atomic E-state index is 11.3. The first-order chi connectivity index (χ1) is 6.98. The molecule has 5 heteroatoms. The summed E-state index contributed by atoms with van der Waals surface area (Å²) < 4.78 is 22.6. The second-order valence-electron chi connectivity index (χ2n) is 3.22. The zero-order valence-corrected chi connectivity index (χ0v) is 9.51. The largest absolute Gasteiger partial charge is 0.263 e. The normalized spacial score (nSPS) is 11.9. The van der Waals surface area contributed by atoms with Crippen LogP contribution in [0.5, 0.6) is 0 Å². The van der Waals surface area contributed by atoms with Crippen LogP contribution in [-0.4, -0.2) is 13.4 Å². The average molecular weight is 242 g/mol. The van der Waals surface area contributed by atoms with Crippen LogP contribution in [0.1, 0.15) is 5.69 Å². The molecular weight excluding hydrogens is 234 g/mol. The van der Waals surface area contributed by atoms with E-state index in [1.807, 2.05) is 12.1 Å². The van der Waals surface area contributed by atoms with Crippen molar-refractivity contribution in [1.29, 1.82) is 0 Å². The number of nitrogens with zero attached hydrogens (tertiary/aromatic N) is 1. The van der Waals surface area contributed by atoms with E-state index in [0.29, 0.717) is 5.52 Å². The molecule has 78 valence electrons. The summed E-state index contributed by atoms with van der Waals surface area (Å²) in [5, 5.41) is 0.766. The summed E-state index contributed by atoms with van der Waals surface area (Å²) >= 11 is 0. The summed E-state index contributed by atoms with van der Waals surface area (Å²) in [6, 6.07) is 8.55. The zero-order valence-electron chi connectivity index (χ0n) is 7.94. The van der Waals surface area contributed by atoms with Gasteiger partial charge in [0, 0.05) is 21.8 Å². The molecule has 0 amide bonds. The molecule has 0 saturated carbocycles. The van der Waals surface area contributed by atoms with Gasteiger partial charge in [0.25, 0.3) is 9.05 Å². The highest BCUT2D eigenvalue weighted by Gasteiger charge is 2.14. The van der Waals surface area contributed by atoms with Crippen LogP contribution >= 0.6 is 10.7 Å². The number of pyridine rings is 1. The molecule has 0 aliphatic heterocycles. The van der Waals surface area contributed by atoms with Crippen LogP contribution < -0.4 is 0 Å². The summed E-state index contributed by atoms with van der Waals surface area (Å²) in [7, 11) is 1.59. The Kier molecular flexibility index (Phi) is 2.40. The molecule has 15 heavy (non-hydrogen) atoms. The number of benzene rings is 1. The van der Waals surface area contributed by atoms with E-state index in [4.69, 9.17) is 10.7 Å². The maximum Gasteiger partial charge on any atom is 0.263 e. The van der Waals surface area contributed by atoms with Gasteiger partial charge in [-0.25, -0.2) is 8.42 Å².